The van der Waals surface area contributed by atoms with E-state index in [1.807, 2.05) is 13.0 Å². The number of methoxy groups -OCH3 is 1. The second kappa shape index (κ2) is 6.14. The third-order valence-electron chi connectivity index (χ3n) is 2.55. The third-order valence-corrected chi connectivity index (χ3v) is 3.04. The molecule has 0 bridgehead atoms. The van der Waals surface area contributed by atoms with E-state index >= 15 is 0 Å². The van der Waals surface area contributed by atoms with Gasteiger partial charge in [0.1, 0.15) is 6.10 Å². The van der Waals surface area contributed by atoms with E-state index in [1.54, 1.807) is 12.1 Å². The standard InChI is InChI=1S/C12H15BrO4/c1-3-7-6-8(13)4-5-9(7)10(14)11(15)12(16)17-2/h4-6,10-11,14-15H,3H2,1-2H3. The summed E-state index contributed by atoms with van der Waals surface area (Å²) in [7, 11) is 1.17. The lowest BCUT2D eigenvalue weighted by Crippen LogP contribution is -2.29. The first-order chi connectivity index (χ1) is 8.01. The molecule has 0 aliphatic heterocycles. The molecule has 0 fully saturated rings. The maximum Gasteiger partial charge on any atom is 0.337 e. The van der Waals surface area contributed by atoms with Crippen LogP contribution in [0.25, 0.3) is 0 Å². The summed E-state index contributed by atoms with van der Waals surface area (Å²) >= 11 is 3.33. The van der Waals surface area contributed by atoms with Crippen LogP contribution < -0.4 is 0 Å². The number of halogens is 1. The van der Waals surface area contributed by atoms with Crippen molar-refractivity contribution in [2.45, 2.75) is 25.6 Å². The van der Waals surface area contributed by atoms with E-state index in [-0.39, 0.29) is 0 Å². The molecular formula is C12H15BrO4. The summed E-state index contributed by atoms with van der Waals surface area (Å²) in [6.07, 6.45) is -2.14. The first-order valence-corrected chi connectivity index (χ1v) is 6.02. The average Bonchev–Trinajstić information content (AvgIpc) is 2.35. The molecule has 2 unspecified atom stereocenters. The van der Waals surface area contributed by atoms with Gasteiger partial charge in [-0.1, -0.05) is 28.9 Å². The molecule has 1 aromatic carbocycles. The average molecular weight is 303 g/mol. The number of aliphatic hydroxyl groups excluding tert-OH is 2. The summed E-state index contributed by atoms with van der Waals surface area (Å²) in [6.45, 7) is 1.93. The van der Waals surface area contributed by atoms with Gasteiger partial charge in [0.05, 0.1) is 7.11 Å². The summed E-state index contributed by atoms with van der Waals surface area (Å²) in [5.41, 5.74) is 1.41. The molecule has 2 N–H and O–H groups in total. The van der Waals surface area contributed by atoms with Crippen molar-refractivity contribution in [1.29, 1.82) is 0 Å². The van der Waals surface area contributed by atoms with Crippen molar-refractivity contribution < 1.29 is 19.7 Å². The molecule has 0 saturated heterocycles. The van der Waals surface area contributed by atoms with E-state index in [9.17, 15) is 15.0 Å². The molecule has 0 heterocycles. The minimum atomic E-state index is -1.56. The smallest absolute Gasteiger partial charge is 0.337 e. The zero-order valence-electron chi connectivity index (χ0n) is 9.68. The fraction of sp³-hybridized carbons (Fsp3) is 0.417. The van der Waals surface area contributed by atoms with Gasteiger partial charge in [-0.2, -0.15) is 0 Å². The first kappa shape index (κ1) is 14.2. The van der Waals surface area contributed by atoms with Crippen molar-refractivity contribution in [3.05, 3.63) is 33.8 Å². The largest absolute Gasteiger partial charge is 0.467 e. The molecule has 2 atom stereocenters. The highest BCUT2D eigenvalue weighted by atomic mass is 79.9. The van der Waals surface area contributed by atoms with Crippen LogP contribution in [0.1, 0.15) is 24.2 Å². The monoisotopic (exact) mass is 302 g/mol. The zero-order chi connectivity index (χ0) is 13.0. The van der Waals surface area contributed by atoms with E-state index in [0.29, 0.717) is 12.0 Å². The van der Waals surface area contributed by atoms with Crippen LogP contribution in [0.5, 0.6) is 0 Å². The van der Waals surface area contributed by atoms with E-state index in [4.69, 9.17) is 0 Å². The molecule has 0 aromatic heterocycles. The molecule has 0 aliphatic carbocycles. The Kier molecular flexibility index (Phi) is 5.11. The number of ether oxygens (including phenoxy) is 1. The summed E-state index contributed by atoms with van der Waals surface area (Å²) in [5.74, 6) is -0.845. The van der Waals surface area contributed by atoms with Crippen molar-refractivity contribution in [3.8, 4) is 0 Å². The third kappa shape index (κ3) is 3.28. The Hall–Kier alpha value is -0.910. The molecule has 1 aromatic rings. The maximum atomic E-state index is 11.2. The Morgan fingerprint density at radius 2 is 2.12 bits per heavy atom. The van der Waals surface area contributed by atoms with Gasteiger partial charge >= 0.3 is 5.97 Å². The SMILES string of the molecule is CCc1cc(Br)ccc1C(O)C(O)C(=O)OC. The van der Waals surface area contributed by atoms with Crippen LogP contribution in [-0.2, 0) is 16.0 Å². The van der Waals surface area contributed by atoms with Crippen LogP contribution in [0.15, 0.2) is 22.7 Å². The molecule has 0 aliphatic rings. The molecule has 0 spiro atoms. The van der Waals surface area contributed by atoms with E-state index in [2.05, 4.69) is 20.7 Å². The number of aryl methyl sites for hydroxylation is 1. The molecule has 94 valence electrons. The van der Waals surface area contributed by atoms with Gasteiger partial charge in [-0.3, -0.25) is 0 Å². The van der Waals surface area contributed by atoms with Crippen LogP contribution in [0.2, 0.25) is 0 Å². The van der Waals surface area contributed by atoms with Gasteiger partial charge in [0.15, 0.2) is 6.10 Å². The van der Waals surface area contributed by atoms with Crippen LogP contribution in [0, 0.1) is 0 Å². The Morgan fingerprint density at radius 3 is 2.65 bits per heavy atom. The maximum absolute atomic E-state index is 11.2. The molecule has 1 rings (SSSR count). The van der Waals surface area contributed by atoms with Gasteiger partial charge in [-0.15, -0.1) is 0 Å². The summed E-state index contributed by atoms with van der Waals surface area (Å²) in [6, 6.07) is 5.28. The van der Waals surface area contributed by atoms with Crippen LogP contribution in [-0.4, -0.2) is 29.4 Å². The minimum Gasteiger partial charge on any atom is -0.467 e. The van der Waals surface area contributed by atoms with Gasteiger partial charge in [0.25, 0.3) is 0 Å². The van der Waals surface area contributed by atoms with E-state index < -0.39 is 18.2 Å². The Balaban J connectivity index is 3.03. The Labute approximate surface area is 108 Å². The normalized spacial score (nSPS) is 14.2. The second-order valence-corrected chi connectivity index (χ2v) is 4.53. The van der Waals surface area contributed by atoms with Gasteiger partial charge in [0, 0.05) is 4.47 Å². The van der Waals surface area contributed by atoms with Gasteiger partial charge in [0.2, 0.25) is 0 Å². The summed E-state index contributed by atoms with van der Waals surface area (Å²) in [5, 5.41) is 19.5. The van der Waals surface area contributed by atoms with Gasteiger partial charge < -0.3 is 14.9 Å². The van der Waals surface area contributed by atoms with Crippen molar-refractivity contribution in [2.75, 3.05) is 7.11 Å². The van der Waals surface area contributed by atoms with E-state index in [1.165, 1.54) is 7.11 Å². The predicted octanol–water partition coefficient (Wildman–Crippen LogP) is 1.58. The predicted molar refractivity (Wildman–Crippen MR) is 66.5 cm³/mol. The number of aliphatic hydroxyl groups is 2. The first-order valence-electron chi connectivity index (χ1n) is 5.23. The molecule has 0 saturated carbocycles. The fourth-order valence-electron chi connectivity index (χ4n) is 1.59. The lowest BCUT2D eigenvalue weighted by Gasteiger charge is -2.19. The Morgan fingerprint density at radius 1 is 1.47 bits per heavy atom. The number of hydrogen-bond donors (Lipinski definition) is 2. The van der Waals surface area contributed by atoms with Crippen molar-refractivity contribution in [1.82, 2.24) is 0 Å². The molecule has 4 nitrogen and oxygen atoms in total. The minimum absolute atomic E-state index is 0.536. The van der Waals surface area contributed by atoms with Crippen LogP contribution in [0.3, 0.4) is 0 Å². The van der Waals surface area contributed by atoms with E-state index in [0.717, 1.165) is 10.0 Å². The highest BCUT2D eigenvalue weighted by molar-refractivity contribution is 9.10. The zero-order valence-corrected chi connectivity index (χ0v) is 11.3. The molecule has 0 radical (unpaired) electrons. The van der Waals surface area contributed by atoms with Crippen molar-refractivity contribution in [2.24, 2.45) is 0 Å². The molecule has 5 heteroatoms. The van der Waals surface area contributed by atoms with Crippen molar-refractivity contribution in [3.63, 3.8) is 0 Å². The number of benzene rings is 1. The van der Waals surface area contributed by atoms with Crippen LogP contribution in [0.4, 0.5) is 0 Å². The fourth-order valence-corrected chi connectivity index (χ4v) is 2.00. The van der Waals surface area contributed by atoms with Gasteiger partial charge in [-0.05, 0) is 29.7 Å². The topological polar surface area (TPSA) is 66.8 Å². The number of hydrogen-bond acceptors (Lipinski definition) is 4. The quantitative estimate of drug-likeness (QED) is 0.829. The highest BCUT2D eigenvalue weighted by Gasteiger charge is 2.27. The number of carbonyl (C=O) groups excluding carboxylic acids is 1. The second-order valence-electron chi connectivity index (χ2n) is 3.61. The van der Waals surface area contributed by atoms with Gasteiger partial charge in [-0.25, -0.2) is 4.79 Å². The summed E-state index contributed by atoms with van der Waals surface area (Å²) < 4.78 is 5.28. The number of esters is 1. The molecule has 17 heavy (non-hydrogen) atoms. The molecular weight excluding hydrogens is 288 g/mol. The van der Waals surface area contributed by atoms with Crippen LogP contribution >= 0.6 is 15.9 Å². The highest BCUT2D eigenvalue weighted by Crippen LogP contribution is 2.25. The lowest BCUT2D eigenvalue weighted by molar-refractivity contribution is -0.156. The van der Waals surface area contributed by atoms with Crippen molar-refractivity contribution >= 4 is 21.9 Å². The Bertz CT molecular complexity index is 405. The molecule has 0 amide bonds. The lowest BCUT2D eigenvalue weighted by atomic mass is 9.97. The number of rotatable bonds is 4. The number of carbonyl (C=O) groups is 1. The summed E-state index contributed by atoms with van der Waals surface area (Å²) in [4.78, 5) is 11.2.